The summed E-state index contributed by atoms with van der Waals surface area (Å²) < 4.78 is 7.90. The van der Waals surface area contributed by atoms with Crippen LogP contribution >= 0.6 is 22.7 Å². The van der Waals surface area contributed by atoms with E-state index in [1.807, 2.05) is 24.4 Å². The van der Waals surface area contributed by atoms with E-state index in [1.54, 1.807) is 29.6 Å². The molecule has 0 aliphatic carbocycles. The van der Waals surface area contributed by atoms with Crippen LogP contribution in [0.5, 0.6) is 5.75 Å². The van der Waals surface area contributed by atoms with Crippen LogP contribution in [0.1, 0.15) is 11.9 Å². The monoisotopic (exact) mass is 307 g/mol. The number of fused-ring (bicyclic) bond motifs is 3. The number of aromatic nitrogens is 1. The van der Waals surface area contributed by atoms with Crippen molar-refractivity contribution in [1.29, 1.82) is 0 Å². The lowest BCUT2D eigenvalue weighted by Crippen LogP contribution is -2.17. The van der Waals surface area contributed by atoms with Gasteiger partial charge in [-0.1, -0.05) is 0 Å². The van der Waals surface area contributed by atoms with Crippen LogP contribution in [0.15, 0.2) is 17.5 Å². The fourth-order valence-electron chi connectivity index (χ4n) is 1.99. The molecule has 1 atom stereocenters. The van der Waals surface area contributed by atoms with Gasteiger partial charge in [0.05, 0.1) is 25.8 Å². The second-order valence-electron chi connectivity index (χ2n) is 4.67. The number of benzene rings is 1. The third-order valence-electron chi connectivity index (χ3n) is 3.08. The molecule has 0 aliphatic rings. The molecule has 1 unspecified atom stereocenters. The summed E-state index contributed by atoms with van der Waals surface area (Å²) in [7, 11) is 0. The normalized spacial score (nSPS) is 12.9. The number of carbonyl (C=O) groups is 1. The average molecular weight is 307 g/mol. The Balaban J connectivity index is 2.04. The Bertz CT molecular complexity index is 790. The van der Waals surface area contributed by atoms with Crippen LogP contribution in [0.4, 0.5) is 0 Å². The molecule has 1 aromatic carbocycles. The van der Waals surface area contributed by atoms with Gasteiger partial charge in [0.25, 0.3) is 0 Å². The highest BCUT2D eigenvalue weighted by Crippen LogP contribution is 2.38. The van der Waals surface area contributed by atoms with E-state index >= 15 is 0 Å². The number of hydrogen-bond acceptors (Lipinski definition) is 5. The number of thiophene rings is 1. The van der Waals surface area contributed by atoms with Crippen molar-refractivity contribution in [2.45, 2.75) is 13.8 Å². The van der Waals surface area contributed by atoms with Gasteiger partial charge in [-0.2, -0.15) is 0 Å². The third-order valence-corrected chi connectivity index (χ3v) is 4.92. The van der Waals surface area contributed by atoms with E-state index in [2.05, 4.69) is 4.98 Å². The number of aryl methyl sites for hydroxylation is 1. The van der Waals surface area contributed by atoms with Crippen molar-refractivity contribution in [2.24, 2.45) is 5.92 Å². The molecular weight excluding hydrogens is 294 g/mol. The van der Waals surface area contributed by atoms with E-state index in [-0.39, 0.29) is 6.61 Å². The number of ether oxygens (including phenoxy) is 1. The number of carboxylic acids is 1. The van der Waals surface area contributed by atoms with E-state index in [0.717, 1.165) is 31.1 Å². The van der Waals surface area contributed by atoms with Gasteiger partial charge in [-0.15, -0.1) is 22.7 Å². The summed E-state index contributed by atoms with van der Waals surface area (Å²) >= 11 is 3.26. The van der Waals surface area contributed by atoms with Crippen LogP contribution in [0, 0.1) is 12.8 Å². The molecule has 0 fully saturated rings. The first kappa shape index (κ1) is 13.3. The Morgan fingerprint density at radius 3 is 3.10 bits per heavy atom. The van der Waals surface area contributed by atoms with Crippen molar-refractivity contribution < 1.29 is 14.6 Å². The Hall–Kier alpha value is -1.66. The highest BCUT2D eigenvalue weighted by molar-refractivity contribution is 7.21. The Kier molecular flexibility index (Phi) is 3.35. The molecule has 0 aliphatic heterocycles. The third kappa shape index (κ3) is 2.25. The van der Waals surface area contributed by atoms with E-state index in [9.17, 15) is 4.79 Å². The summed E-state index contributed by atoms with van der Waals surface area (Å²) in [6.07, 6.45) is 0. The number of rotatable bonds is 4. The van der Waals surface area contributed by atoms with Crippen molar-refractivity contribution in [1.82, 2.24) is 4.98 Å². The van der Waals surface area contributed by atoms with Gasteiger partial charge in [-0.05, 0) is 25.3 Å². The fourth-order valence-corrected chi connectivity index (χ4v) is 3.83. The van der Waals surface area contributed by atoms with Crippen LogP contribution < -0.4 is 4.74 Å². The number of aliphatic carboxylic acids is 1. The molecule has 0 saturated carbocycles. The Morgan fingerprint density at radius 1 is 1.55 bits per heavy atom. The minimum Gasteiger partial charge on any atom is -0.492 e. The second-order valence-corrected chi connectivity index (χ2v) is 6.82. The van der Waals surface area contributed by atoms with Gasteiger partial charge in [0.15, 0.2) is 0 Å². The van der Waals surface area contributed by atoms with Gasteiger partial charge in [-0.25, -0.2) is 4.98 Å². The Labute approximate surface area is 123 Å². The van der Waals surface area contributed by atoms with E-state index in [0.29, 0.717) is 0 Å². The van der Waals surface area contributed by atoms with E-state index in [4.69, 9.17) is 9.84 Å². The molecule has 0 radical (unpaired) electrons. The first-order valence-electron chi connectivity index (χ1n) is 6.19. The summed E-state index contributed by atoms with van der Waals surface area (Å²) in [5.41, 5.74) is 1.01. The first-order chi connectivity index (χ1) is 9.56. The van der Waals surface area contributed by atoms with Crippen LogP contribution in [0.2, 0.25) is 0 Å². The number of hydrogen-bond donors (Lipinski definition) is 1. The minimum atomic E-state index is -0.846. The average Bonchev–Trinajstić information content (AvgIpc) is 3.00. The lowest BCUT2D eigenvalue weighted by atomic mass is 10.2. The quantitative estimate of drug-likeness (QED) is 0.793. The number of carboxylic acid groups (broad SMARTS) is 1. The minimum absolute atomic E-state index is 0.170. The van der Waals surface area contributed by atoms with Crippen molar-refractivity contribution in [3.63, 3.8) is 0 Å². The smallest absolute Gasteiger partial charge is 0.309 e. The first-order valence-corrected chi connectivity index (χ1v) is 7.89. The van der Waals surface area contributed by atoms with Crippen LogP contribution in [-0.4, -0.2) is 22.7 Å². The molecule has 0 amide bonds. The molecular formula is C14H13NO3S2. The molecule has 2 heterocycles. The van der Waals surface area contributed by atoms with E-state index in [1.165, 1.54) is 0 Å². The number of thiazole rings is 1. The summed E-state index contributed by atoms with van der Waals surface area (Å²) in [5.74, 6) is -0.630. The maximum Gasteiger partial charge on any atom is 0.309 e. The highest BCUT2D eigenvalue weighted by Gasteiger charge is 2.15. The van der Waals surface area contributed by atoms with Gasteiger partial charge >= 0.3 is 5.97 Å². The molecule has 0 saturated heterocycles. The predicted molar refractivity (Wildman–Crippen MR) is 82.0 cm³/mol. The molecule has 3 aromatic rings. The summed E-state index contributed by atoms with van der Waals surface area (Å²) in [6, 6.07) is 3.96. The molecule has 20 heavy (non-hydrogen) atoms. The van der Waals surface area contributed by atoms with Crippen LogP contribution in [0.3, 0.4) is 0 Å². The fraction of sp³-hybridized carbons (Fsp3) is 0.286. The van der Waals surface area contributed by atoms with Crippen molar-refractivity contribution in [2.75, 3.05) is 6.61 Å². The lowest BCUT2D eigenvalue weighted by Gasteiger charge is -2.10. The highest BCUT2D eigenvalue weighted by atomic mass is 32.1. The van der Waals surface area contributed by atoms with Gasteiger partial charge in [0.1, 0.15) is 12.4 Å². The van der Waals surface area contributed by atoms with Gasteiger partial charge in [0, 0.05) is 11.5 Å². The zero-order chi connectivity index (χ0) is 14.3. The molecule has 2 aromatic heterocycles. The zero-order valence-corrected chi connectivity index (χ0v) is 12.7. The summed E-state index contributed by atoms with van der Waals surface area (Å²) in [6.45, 7) is 3.79. The molecule has 6 heteroatoms. The van der Waals surface area contributed by atoms with Gasteiger partial charge in [0.2, 0.25) is 0 Å². The van der Waals surface area contributed by atoms with Gasteiger partial charge < -0.3 is 9.84 Å². The SMILES string of the molecule is Cc1nc2c(cc(OCC(C)C(=O)O)c3ccsc32)s1. The van der Waals surface area contributed by atoms with E-state index < -0.39 is 11.9 Å². The lowest BCUT2D eigenvalue weighted by molar-refractivity contribution is -0.142. The van der Waals surface area contributed by atoms with Crippen LogP contribution in [0.25, 0.3) is 20.3 Å². The molecule has 104 valence electrons. The second kappa shape index (κ2) is 5.03. The molecule has 4 nitrogen and oxygen atoms in total. The van der Waals surface area contributed by atoms with Crippen molar-refractivity contribution in [3.8, 4) is 5.75 Å². The largest absolute Gasteiger partial charge is 0.492 e. The zero-order valence-electron chi connectivity index (χ0n) is 11.0. The summed E-state index contributed by atoms with van der Waals surface area (Å²) in [4.78, 5) is 15.4. The molecule has 0 spiro atoms. The van der Waals surface area contributed by atoms with Gasteiger partial charge in [-0.3, -0.25) is 4.79 Å². The standard InChI is InChI=1S/C14H13NO3S2/c1-7(14(16)17)6-18-10-5-11-12(15-8(2)20-11)13-9(10)3-4-19-13/h3-5,7H,6H2,1-2H3,(H,16,17). The van der Waals surface area contributed by atoms with Crippen LogP contribution in [-0.2, 0) is 4.79 Å². The molecule has 1 N–H and O–H groups in total. The van der Waals surface area contributed by atoms with Crippen molar-refractivity contribution >= 4 is 48.9 Å². The number of nitrogens with zero attached hydrogens (tertiary/aromatic N) is 1. The maximum absolute atomic E-state index is 10.9. The molecule has 0 bridgehead atoms. The predicted octanol–water partition coefficient (Wildman–Crippen LogP) is 3.92. The maximum atomic E-state index is 10.9. The molecule has 3 rings (SSSR count). The van der Waals surface area contributed by atoms with Crippen molar-refractivity contribution in [3.05, 3.63) is 22.5 Å². The topological polar surface area (TPSA) is 59.4 Å². The Morgan fingerprint density at radius 2 is 2.35 bits per heavy atom. The summed E-state index contributed by atoms with van der Waals surface area (Å²) in [5, 5.41) is 13.0.